The van der Waals surface area contributed by atoms with Crippen LogP contribution in [0, 0.1) is 11.8 Å². The van der Waals surface area contributed by atoms with Crippen molar-refractivity contribution >= 4 is 17.6 Å². The first-order valence-electron chi connectivity index (χ1n) is 14.7. The maximum atomic E-state index is 14.6. The molecule has 2 N–H and O–H groups in total. The number of fused-ring (bicyclic) bond motifs is 4. The molecule has 2 heterocycles. The molecule has 4 atom stereocenters. The standard InChI is InChI=1S/C34H42O7/c1-8-22-16-21-17-25-28(37)26-27(36)23-13-14-32(6,7)40-29(23)24(11-10-19(3)4)30(26)41-34(22,25)33(31(21)38,39-9-2)15-12-20(5)18-35/h10,12-14,17,21-22,35-36H,8-9,11,15-16,18H2,1-7H3/b20-12+. The topological polar surface area (TPSA) is 102 Å². The van der Waals surface area contributed by atoms with E-state index >= 15 is 0 Å². The van der Waals surface area contributed by atoms with Crippen LogP contribution in [0.3, 0.4) is 0 Å². The summed E-state index contributed by atoms with van der Waals surface area (Å²) in [5.41, 5.74) is -0.130. The van der Waals surface area contributed by atoms with Gasteiger partial charge in [0.1, 0.15) is 28.4 Å². The van der Waals surface area contributed by atoms with Crippen molar-refractivity contribution in [2.75, 3.05) is 13.2 Å². The summed E-state index contributed by atoms with van der Waals surface area (Å²) < 4.78 is 20.0. The van der Waals surface area contributed by atoms with Crippen LogP contribution in [-0.2, 0) is 16.0 Å². The van der Waals surface area contributed by atoms with Crippen LogP contribution in [0.5, 0.6) is 17.2 Å². The van der Waals surface area contributed by atoms with Crippen LogP contribution < -0.4 is 9.47 Å². The van der Waals surface area contributed by atoms with E-state index < -0.39 is 22.7 Å². The lowest BCUT2D eigenvalue weighted by atomic mass is 9.50. The van der Waals surface area contributed by atoms with Gasteiger partial charge in [-0.15, -0.1) is 0 Å². The number of benzene rings is 1. The van der Waals surface area contributed by atoms with Gasteiger partial charge in [0.15, 0.2) is 22.8 Å². The monoisotopic (exact) mass is 562 g/mol. The molecular weight excluding hydrogens is 520 g/mol. The van der Waals surface area contributed by atoms with E-state index in [1.54, 1.807) is 13.0 Å². The number of aliphatic hydroxyl groups excluding tert-OH is 1. The van der Waals surface area contributed by atoms with Gasteiger partial charge in [-0.1, -0.05) is 36.3 Å². The molecule has 7 nitrogen and oxygen atoms in total. The van der Waals surface area contributed by atoms with E-state index in [0.29, 0.717) is 47.3 Å². The number of phenolic OH excluding ortho intramolecular Hbond substituents is 1. The number of aliphatic hydroxyl groups is 1. The SMILES string of the molecule is CCOC1(C/C=C(\C)CO)C(=O)C2C=C3C(=O)c4c(O)c5c(c(CC=C(C)C)c4OC31C(CC)C2)OC(C)(C)C=C5. The van der Waals surface area contributed by atoms with Crippen LogP contribution in [0.15, 0.2) is 41.0 Å². The Morgan fingerprint density at radius 2 is 1.85 bits per heavy atom. The number of ketones is 2. The number of carbonyl (C=O) groups excluding carboxylic acids is 2. The summed E-state index contributed by atoms with van der Waals surface area (Å²) in [6.07, 6.45) is 11.1. The number of hydrogen-bond donors (Lipinski definition) is 2. The molecule has 2 bridgehead atoms. The molecule has 0 aromatic heterocycles. The Kier molecular flexibility index (Phi) is 7.36. The zero-order valence-corrected chi connectivity index (χ0v) is 25.2. The van der Waals surface area contributed by atoms with Gasteiger partial charge in [-0.3, -0.25) is 9.59 Å². The van der Waals surface area contributed by atoms with Crippen molar-refractivity contribution in [2.45, 2.75) is 91.0 Å². The highest BCUT2D eigenvalue weighted by Crippen LogP contribution is 2.62. The molecule has 2 aliphatic heterocycles. The molecule has 1 fully saturated rings. The van der Waals surface area contributed by atoms with Crippen LogP contribution in [0.25, 0.3) is 6.08 Å². The summed E-state index contributed by atoms with van der Waals surface area (Å²) >= 11 is 0. The van der Waals surface area contributed by atoms with Gasteiger partial charge in [-0.05, 0) is 73.0 Å². The van der Waals surface area contributed by atoms with Gasteiger partial charge in [0, 0.05) is 36.0 Å². The second-order valence-corrected chi connectivity index (χ2v) is 12.5. The molecule has 5 aliphatic rings. The lowest BCUT2D eigenvalue weighted by Gasteiger charge is -2.61. The third-order valence-corrected chi connectivity index (χ3v) is 9.06. The zero-order chi connectivity index (χ0) is 29.9. The number of aromatic hydroxyl groups is 1. The number of ether oxygens (including phenoxy) is 3. The summed E-state index contributed by atoms with van der Waals surface area (Å²) in [4.78, 5) is 28.9. The van der Waals surface area contributed by atoms with E-state index in [4.69, 9.17) is 14.2 Å². The van der Waals surface area contributed by atoms with E-state index in [1.807, 2.05) is 65.8 Å². The molecular formula is C34H42O7. The second-order valence-electron chi connectivity index (χ2n) is 12.5. The smallest absolute Gasteiger partial charge is 0.200 e. The number of phenols is 1. The minimum Gasteiger partial charge on any atom is -0.506 e. The summed E-state index contributed by atoms with van der Waals surface area (Å²) in [6, 6.07) is 0. The maximum absolute atomic E-state index is 14.6. The van der Waals surface area contributed by atoms with Gasteiger partial charge in [-0.2, -0.15) is 0 Å². The first-order valence-corrected chi connectivity index (χ1v) is 14.7. The molecule has 6 rings (SSSR count). The van der Waals surface area contributed by atoms with Crippen LogP contribution in [0.1, 0.15) is 89.2 Å². The van der Waals surface area contributed by atoms with Crippen molar-refractivity contribution in [3.05, 3.63) is 57.7 Å². The van der Waals surface area contributed by atoms with Gasteiger partial charge < -0.3 is 24.4 Å². The first kappa shape index (κ1) is 29.3. The average Bonchev–Trinajstić information content (AvgIpc) is 2.92. The lowest BCUT2D eigenvalue weighted by molar-refractivity contribution is -0.206. The van der Waals surface area contributed by atoms with E-state index in [-0.39, 0.29) is 54.2 Å². The predicted octanol–water partition coefficient (Wildman–Crippen LogP) is 6.06. The summed E-state index contributed by atoms with van der Waals surface area (Å²) in [7, 11) is 0. The molecule has 41 heavy (non-hydrogen) atoms. The van der Waals surface area contributed by atoms with Crippen LogP contribution in [0.4, 0.5) is 0 Å². The molecule has 3 aliphatic carbocycles. The van der Waals surface area contributed by atoms with Crippen molar-refractivity contribution in [3.8, 4) is 17.2 Å². The van der Waals surface area contributed by atoms with Gasteiger partial charge in [0.25, 0.3) is 0 Å². The van der Waals surface area contributed by atoms with Crippen LogP contribution in [-0.4, -0.2) is 51.8 Å². The molecule has 4 unspecified atom stereocenters. The van der Waals surface area contributed by atoms with E-state index in [1.165, 1.54) is 0 Å². The van der Waals surface area contributed by atoms with E-state index in [9.17, 15) is 19.8 Å². The number of rotatable bonds is 8. The van der Waals surface area contributed by atoms with Gasteiger partial charge >= 0.3 is 0 Å². The molecule has 0 amide bonds. The fourth-order valence-electron chi connectivity index (χ4n) is 7.06. The Hall–Kier alpha value is -3.16. The number of hydrogen-bond acceptors (Lipinski definition) is 7. The van der Waals surface area contributed by atoms with Gasteiger partial charge in [0.2, 0.25) is 0 Å². The molecule has 1 aromatic carbocycles. The van der Waals surface area contributed by atoms with Gasteiger partial charge in [0.05, 0.1) is 12.2 Å². The van der Waals surface area contributed by atoms with Crippen LogP contribution >= 0.6 is 0 Å². The summed E-state index contributed by atoms with van der Waals surface area (Å²) in [5.74, 6) is -0.597. The predicted molar refractivity (Wildman–Crippen MR) is 157 cm³/mol. The summed E-state index contributed by atoms with van der Waals surface area (Å²) in [6.45, 7) is 13.6. The van der Waals surface area contributed by atoms with Crippen molar-refractivity contribution in [1.82, 2.24) is 0 Å². The number of Topliss-reactive ketones (excluding diaryl/α,β-unsaturated/α-hetero) is 2. The van der Waals surface area contributed by atoms with Crippen molar-refractivity contribution < 1.29 is 34.0 Å². The third-order valence-electron chi connectivity index (χ3n) is 9.06. The molecule has 1 aromatic rings. The fourth-order valence-corrected chi connectivity index (χ4v) is 7.06. The highest BCUT2D eigenvalue weighted by Gasteiger charge is 2.73. The molecule has 0 saturated heterocycles. The maximum Gasteiger partial charge on any atom is 0.200 e. The van der Waals surface area contributed by atoms with E-state index in [2.05, 4.69) is 0 Å². The second kappa shape index (κ2) is 10.3. The average molecular weight is 563 g/mol. The number of allylic oxidation sites excluding steroid dienone is 3. The number of carbonyl (C=O) groups is 2. The molecule has 1 spiro atoms. The lowest BCUT2D eigenvalue weighted by Crippen LogP contribution is -2.76. The van der Waals surface area contributed by atoms with E-state index in [0.717, 1.165) is 5.57 Å². The largest absolute Gasteiger partial charge is 0.506 e. The minimum absolute atomic E-state index is 0.105. The molecule has 1 saturated carbocycles. The fraction of sp³-hybridized carbons (Fsp3) is 0.529. The Morgan fingerprint density at radius 3 is 2.49 bits per heavy atom. The van der Waals surface area contributed by atoms with Crippen LogP contribution in [0.2, 0.25) is 0 Å². The van der Waals surface area contributed by atoms with Crippen molar-refractivity contribution in [2.24, 2.45) is 11.8 Å². The summed E-state index contributed by atoms with van der Waals surface area (Å²) in [5, 5.41) is 21.3. The highest BCUT2D eigenvalue weighted by atomic mass is 16.6. The zero-order valence-electron chi connectivity index (χ0n) is 25.2. The third kappa shape index (κ3) is 4.23. The Bertz CT molecular complexity index is 1420. The van der Waals surface area contributed by atoms with Gasteiger partial charge in [-0.25, -0.2) is 0 Å². The molecule has 220 valence electrons. The first-order chi connectivity index (χ1) is 19.4. The molecule has 0 radical (unpaired) electrons. The Labute approximate surface area is 242 Å². The quantitative estimate of drug-likeness (QED) is 0.372. The Morgan fingerprint density at radius 1 is 1.12 bits per heavy atom. The molecule has 7 heteroatoms. The Balaban J connectivity index is 1.85. The normalized spacial score (nSPS) is 29.2. The minimum atomic E-state index is -1.47. The highest BCUT2D eigenvalue weighted by molar-refractivity contribution is 6.18. The van der Waals surface area contributed by atoms with Crippen molar-refractivity contribution in [3.63, 3.8) is 0 Å². The van der Waals surface area contributed by atoms with Crippen molar-refractivity contribution in [1.29, 1.82) is 0 Å².